The van der Waals surface area contributed by atoms with Crippen molar-refractivity contribution in [2.75, 3.05) is 6.54 Å². The fraction of sp³-hybridized carbons (Fsp3) is 0.562. The quantitative estimate of drug-likeness (QED) is 0.922. The maximum absolute atomic E-state index is 12.5. The van der Waals surface area contributed by atoms with Gasteiger partial charge >= 0.3 is 5.97 Å². The topological polar surface area (TPSA) is 79.7 Å². The summed E-state index contributed by atoms with van der Waals surface area (Å²) in [4.78, 5) is 29.5. The van der Waals surface area contributed by atoms with Crippen LogP contribution in [0, 0.1) is 5.92 Å². The Labute approximate surface area is 130 Å². The molecule has 6 heteroatoms. The highest BCUT2D eigenvalue weighted by Gasteiger charge is 2.35. The number of pyridine rings is 1. The van der Waals surface area contributed by atoms with Crippen molar-refractivity contribution in [1.82, 2.24) is 9.88 Å². The second kappa shape index (κ2) is 6.77. The van der Waals surface area contributed by atoms with E-state index < -0.39 is 12.0 Å². The van der Waals surface area contributed by atoms with Crippen molar-refractivity contribution in [2.45, 2.75) is 45.8 Å². The van der Waals surface area contributed by atoms with Crippen LogP contribution in [0.5, 0.6) is 5.88 Å². The van der Waals surface area contributed by atoms with Gasteiger partial charge in [-0.15, -0.1) is 0 Å². The van der Waals surface area contributed by atoms with Crippen LogP contribution in [0.2, 0.25) is 0 Å². The van der Waals surface area contributed by atoms with Crippen LogP contribution in [0.15, 0.2) is 18.3 Å². The van der Waals surface area contributed by atoms with Crippen molar-refractivity contribution in [3.05, 3.63) is 23.9 Å². The van der Waals surface area contributed by atoms with E-state index in [1.165, 1.54) is 11.1 Å². The third-order valence-electron chi connectivity index (χ3n) is 3.75. The average Bonchev–Trinajstić information content (AvgIpc) is 2.46. The highest BCUT2D eigenvalue weighted by atomic mass is 16.5. The molecule has 0 radical (unpaired) electrons. The smallest absolute Gasteiger partial charge is 0.326 e. The van der Waals surface area contributed by atoms with E-state index in [2.05, 4.69) is 4.98 Å². The molecular formula is C16H22N2O4. The maximum Gasteiger partial charge on any atom is 0.326 e. The van der Waals surface area contributed by atoms with Gasteiger partial charge in [0, 0.05) is 18.8 Å². The zero-order valence-corrected chi connectivity index (χ0v) is 13.2. The normalized spacial score (nSPS) is 21.7. The Morgan fingerprint density at radius 3 is 2.68 bits per heavy atom. The van der Waals surface area contributed by atoms with Gasteiger partial charge in [0.15, 0.2) is 0 Å². The summed E-state index contributed by atoms with van der Waals surface area (Å²) in [5, 5.41) is 9.34. The van der Waals surface area contributed by atoms with Gasteiger partial charge < -0.3 is 14.7 Å². The lowest BCUT2D eigenvalue weighted by Gasteiger charge is -2.36. The van der Waals surface area contributed by atoms with E-state index in [-0.39, 0.29) is 12.0 Å². The molecule has 1 aliphatic heterocycles. The molecule has 2 atom stereocenters. The number of aliphatic carboxylic acids is 1. The third kappa shape index (κ3) is 3.75. The lowest BCUT2D eigenvalue weighted by Crippen LogP contribution is -2.49. The first-order chi connectivity index (χ1) is 10.4. The second-order valence-electron chi connectivity index (χ2n) is 6.03. The number of carboxylic acids is 1. The summed E-state index contributed by atoms with van der Waals surface area (Å²) in [5.41, 5.74) is 0.386. The number of rotatable bonds is 4. The van der Waals surface area contributed by atoms with Crippen molar-refractivity contribution >= 4 is 11.9 Å². The van der Waals surface area contributed by atoms with Crippen molar-refractivity contribution in [3.8, 4) is 5.88 Å². The molecule has 1 fully saturated rings. The van der Waals surface area contributed by atoms with Crippen molar-refractivity contribution in [1.29, 1.82) is 0 Å². The molecule has 0 aliphatic carbocycles. The van der Waals surface area contributed by atoms with Crippen molar-refractivity contribution < 1.29 is 19.4 Å². The van der Waals surface area contributed by atoms with Gasteiger partial charge in [-0.25, -0.2) is 9.78 Å². The maximum atomic E-state index is 12.5. The van der Waals surface area contributed by atoms with Gasteiger partial charge in [0.25, 0.3) is 5.91 Å². The number of nitrogens with zero attached hydrogens (tertiary/aromatic N) is 2. The van der Waals surface area contributed by atoms with E-state index in [9.17, 15) is 14.7 Å². The van der Waals surface area contributed by atoms with Gasteiger partial charge in [0.05, 0.1) is 11.7 Å². The molecule has 2 heterocycles. The predicted octanol–water partition coefficient (Wildman–Crippen LogP) is 2.19. The molecule has 0 aromatic carbocycles. The fourth-order valence-electron chi connectivity index (χ4n) is 2.60. The summed E-state index contributed by atoms with van der Waals surface area (Å²) in [6, 6.07) is 2.50. The zero-order valence-electron chi connectivity index (χ0n) is 13.2. The van der Waals surface area contributed by atoms with E-state index >= 15 is 0 Å². The summed E-state index contributed by atoms with van der Waals surface area (Å²) in [7, 11) is 0. The highest BCUT2D eigenvalue weighted by molar-refractivity contribution is 5.96. The first-order valence-electron chi connectivity index (χ1n) is 7.55. The number of hydrogen-bond acceptors (Lipinski definition) is 4. The predicted molar refractivity (Wildman–Crippen MR) is 80.9 cm³/mol. The minimum absolute atomic E-state index is 0.00836. The number of ether oxygens (including phenoxy) is 1. The summed E-state index contributed by atoms with van der Waals surface area (Å²) in [5.74, 6) is -0.478. The Kier molecular flexibility index (Phi) is 5.00. The van der Waals surface area contributed by atoms with E-state index in [4.69, 9.17) is 4.74 Å². The van der Waals surface area contributed by atoms with E-state index in [1.807, 2.05) is 20.8 Å². The Balaban J connectivity index is 2.14. The Morgan fingerprint density at radius 2 is 2.14 bits per heavy atom. The molecule has 0 bridgehead atoms. The molecule has 0 spiro atoms. The monoisotopic (exact) mass is 306 g/mol. The van der Waals surface area contributed by atoms with Crippen molar-refractivity contribution in [2.24, 2.45) is 5.92 Å². The van der Waals surface area contributed by atoms with Gasteiger partial charge in [0.2, 0.25) is 5.88 Å². The number of carbonyl (C=O) groups is 2. The molecule has 120 valence electrons. The first-order valence-corrected chi connectivity index (χ1v) is 7.55. The first kappa shape index (κ1) is 16.3. The number of piperidine rings is 1. The standard InChI is InChI=1S/C16H22N2O4/c1-10(2)22-14-5-4-12(9-17-14)15(19)18-7-6-11(3)8-13(18)16(20)21/h4-5,9-11,13H,6-8H2,1-3H3,(H,20,21). The molecule has 2 rings (SSSR count). The SMILES string of the molecule is CC1CCN(C(=O)c2ccc(OC(C)C)nc2)C(C(=O)O)C1. The summed E-state index contributed by atoms with van der Waals surface area (Å²) in [6.07, 6.45) is 2.76. The lowest BCUT2D eigenvalue weighted by molar-refractivity contribution is -0.144. The largest absolute Gasteiger partial charge is 0.480 e. The van der Waals surface area contributed by atoms with E-state index in [0.717, 1.165) is 6.42 Å². The van der Waals surface area contributed by atoms with Crippen LogP contribution in [-0.2, 0) is 4.79 Å². The van der Waals surface area contributed by atoms with Gasteiger partial charge in [-0.05, 0) is 38.7 Å². The molecular weight excluding hydrogens is 284 g/mol. The number of carbonyl (C=O) groups excluding carboxylic acids is 1. The Hall–Kier alpha value is -2.11. The van der Waals surface area contributed by atoms with Crippen LogP contribution < -0.4 is 4.74 Å². The fourth-order valence-corrected chi connectivity index (χ4v) is 2.60. The Bertz CT molecular complexity index is 542. The van der Waals surface area contributed by atoms with Crippen LogP contribution in [0.25, 0.3) is 0 Å². The molecule has 22 heavy (non-hydrogen) atoms. The molecule has 1 amide bonds. The highest BCUT2D eigenvalue weighted by Crippen LogP contribution is 2.24. The molecule has 1 aliphatic rings. The average molecular weight is 306 g/mol. The number of carboxylic acid groups (broad SMARTS) is 1. The molecule has 6 nitrogen and oxygen atoms in total. The van der Waals surface area contributed by atoms with Gasteiger partial charge in [-0.3, -0.25) is 4.79 Å². The number of likely N-dealkylation sites (tertiary alicyclic amines) is 1. The minimum atomic E-state index is -0.951. The van der Waals surface area contributed by atoms with Crippen LogP contribution in [-0.4, -0.2) is 45.6 Å². The minimum Gasteiger partial charge on any atom is -0.480 e. The molecule has 1 aromatic heterocycles. The van der Waals surface area contributed by atoms with Gasteiger partial charge in [0.1, 0.15) is 6.04 Å². The van der Waals surface area contributed by atoms with E-state index in [0.29, 0.717) is 30.3 Å². The summed E-state index contributed by atoms with van der Waals surface area (Å²) >= 11 is 0. The van der Waals surface area contributed by atoms with Gasteiger partial charge in [-0.2, -0.15) is 0 Å². The molecule has 1 saturated heterocycles. The van der Waals surface area contributed by atoms with E-state index in [1.54, 1.807) is 12.1 Å². The molecule has 1 N–H and O–H groups in total. The summed E-state index contributed by atoms with van der Waals surface area (Å²) in [6.45, 7) is 6.26. The number of amides is 1. The summed E-state index contributed by atoms with van der Waals surface area (Å²) < 4.78 is 5.44. The number of hydrogen-bond donors (Lipinski definition) is 1. The lowest BCUT2D eigenvalue weighted by atomic mass is 9.92. The molecule has 0 saturated carbocycles. The number of aromatic nitrogens is 1. The van der Waals surface area contributed by atoms with Crippen LogP contribution in [0.3, 0.4) is 0 Å². The zero-order chi connectivity index (χ0) is 16.3. The van der Waals surface area contributed by atoms with Crippen LogP contribution >= 0.6 is 0 Å². The second-order valence-corrected chi connectivity index (χ2v) is 6.03. The molecule has 2 unspecified atom stereocenters. The van der Waals surface area contributed by atoms with Gasteiger partial charge in [-0.1, -0.05) is 6.92 Å². The van der Waals surface area contributed by atoms with Crippen LogP contribution in [0.4, 0.5) is 0 Å². The van der Waals surface area contributed by atoms with Crippen molar-refractivity contribution in [3.63, 3.8) is 0 Å². The van der Waals surface area contributed by atoms with Crippen LogP contribution in [0.1, 0.15) is 44.0 Å². The molecule has 1 aromatic rings. The Morgan fingerprint density at radius 1 is 1.41 bits per heavy atom. The third-order valence-corrected chi connectivity index (χ3v) is 3.75.